The zero-order chi connectivity index (χ0) is 15.4. The quantitative estimate of drug-likeness (QED) is 0.921. The Morgan fingerprint density at radius 3 is 2.86 bits per heavy atom. The molecule has 21 heavy (non-hydrogen) atoms. The van der Waals surface area contributed by atoms with E-state index in [0.29, 0.717) is 0 Å². The van der Waals surface area contributed by atoms with Crippen molar-refractivity contribution in [1.29, 1.82) is 0 Å². The third-order valence-electron chi connectivity index (χ3n) is 3.80. The number of carbonyl (C=O) groups is 2. The van der Waals surface area contributed by atoms with Crippen molar-refractivity contribution in [3.8, 4) is 5.75 Å². The molecule has 1 aliphatic heterocycles. The second-order valence-corrected chi connectivity index (χ2v) is 5.39. The van der Waals surface area contributed by atoms with Crippen LogP contribution in [0.4, 0.5) is 0 Å². The van der Waals surface area contributed by atoms with Crippen LogP contribution >= 0.6 is 0 Å². The summed E-state index contributed by atoms with van der Waals surface area (Å²) in [5.74, 6) is 0.574. The van der Waals surface area contributed by atoms with Gasteiger partial charge in [-0.2, -0.15) is 0 Å². The van der Waals surface area contributed by atoms with Gasteiger partial charge in [0.15, 0.2) is 0 Å². The first-order valence-corrected chi connectivity index (χ1v) is 7.24. The van der Waals surface area contributed by atoms with Gasteiger partial charge < -0.3 is 15.0 Å². The molecule has 0 spiro atoms. The van der Waals surface area contributed by atoms with Crippen molar-refractivity contribution in [3.63, 3.8) is 0 Å². The summed E-state index contributed by atoms with van der Waals surface area (Å²) < 4.78 is 5.25. The van der Waals surface area contributed by atoms with E-state index in [1.807, 2.05) is 29.2 Å². The van der Waals surface area contributed by atoms with Gasteiger partial charge in [-0.3, -0.25) is 9.59 Å². The summed E-state index contributed by atoms with van der Waals surface area (Å²) >= 11 is 0. The van der Waals surface area contributed by atoms with Gasteiger partial charge in [-0.15, -0.1) is 0 Å². The second kappa shape index (κ2) is 6.61. The van der Waals surface area contributed by atoms with Gasteiger partial charge in [-0.05, 0) is 37.5 Å². The van der Waals surface area contributed by atoms with Crippen molar-refractivity contribution in [2.75, 3.05) is 13.7 Å². The highest BCUT2D eigenvalue weighted by atomic mass is 16.5. The van der Waals surface area contributed by atoms with Crippen LogP contribution in [0, 0.1) is 0 Å². The van der Waals surface area contributed by atoms with Gasteiger partial charge in [0.2, 0.25) is 11.8 Å². The van der Waals surface area contributed by atoms with Crippen LogP contribution in [0.1, 0.15) is 38.3 Å². The molecular weight excluding hydrogens is 268 g/mol. The highest BCUT2D eigenvalue weighted by Gasteiger charge is 2.32. The van der Waals surface area contributed by atoms with E-state index < -0.39 is 6.04 Å². The molecule has 1 heterocycles. The van der Waals surface area contributed by atoms with Crippen molar-refractivity contribution in [1.82, 2.24) is 10.2 Å². The lowest BCUT2D eigenvalue weighted by Crippen LogP contribution is -2.46. The van der Waals surface area contributed by atoms with E-state index in [1.54, 1.807) is 14.0 Å². The zero-order valence-corrected chi connectivity index (χ0v) is 12.8. The number of hydrogen-bond acceptors (Lipinski definition) is 3. The maximum Gasteiger partial charge on any atom is 0.245 e. The normalized spacial score (nSPS) is 19.2. The predicted octanol–water partition coefficient (Wildman–Crippen LogP) is 1.88. The molecule has 1 aliphatic rings. The SMILES string of the molecule is COc1cccc(C2CCCN2C(=O)C(C)NC(C)=O)c1. The summed E-state index contributed by atoms with van der Waals surface area (Å²) in [6, 6.07) is 7.38. The highest BCUT2D eigenvalue weighted by Crippen LogP contribution is 2.33. The molecule has 2 atom stereocenters. The lowest BCUT2D eigenvalue weighted by Gasteiger charge is -2.28. The van der Waals surface area contributed by atoms with E-state index in [9.17, 15) is 9.59 Å². The number of nitrogens with one attached hydrogen (secondary N) is 1. The van der Waals surface area contributed by atoms with Gasteiger partial charge in [0.05, 0.1) is 13.2 Å². The van der Waals surface area contributed by atoms with Crippen molar-refractivity contribution >= 4 is 11.8 Å². The predicted molar refractivity (Wildman–Crippen MR) is 80.0 cm³/mol. The summed E-state index contributed by atoms with van der Waals surface area (Å²) in [6.07, 6.45) is 1.91. The Hall–Kier alpha value is -2.04. The first-order valence-electron chi connectivity index (χ1n) is 7.24. The van der Waals surface area contributed by atoms with Crippen molar-refractivity contribution in [2.24, 2.45) is 0 Å². The van der Waals surface area contributed by atoms with E-state index >= 15 is 0 Å². The molecule has 1 aromatic carbocycles. The summed E-state index contributed by atoms with van der Waals surface area (Å²) in [6.45, 7) is 3.88. The Balaban J connectivity index is 2.16. The standard InChI is InChI=1S/C16H22N2O3/c1-11(17-12(2)19)16(20)18-9-5-8-15(18)13-6-4-7-14(10-13)21-3/h4,6-7,10-11,15H,5,8-9H2,1-3H3,(H,17,19). The van der Waals surface area contributed by atoms with Crippen LogP contribution in [0.25, 0.3) is 0 Å². The average molecular weight is 290 g/mol. The van der Waals surface area contributed by atoms with Crippen LogP contribution in [0.15, 0.2) is 24.3 Å². The highest BCUT2D eigenvalue weighted by molar-refractivity contribution is 5.87. The minimum atomic E-state index is -0.492. The molecule has 0 radical (unpaired) electrons. The van der Waals surface area contributed by atoms with Gasteiger partial charge in [0.25, 0.3) is 0 Å². The number of rotatable bonds is 4. The Bertz CT molecular complexity index is 530. The van der Waals surface area contributed by atoms with E-state index in [-0.39, 0.29) is 17.9 Å². The van der Waals surface area contributed by atoms with Crippen LogP contribution in [0.5, 0.6) is 5.75 Å². The largest absolute Gasteiger partial charge is 0.497 e. The summed E-state index contributed by atoms with van der Waals surface area (Å²) in [7, 11) is 1.63. The topological polar surface area (TPSA) is 58.6 Å². The molecular formula is C16H22N2O3. The number of likely N-dealkylation sites (tertiary alicyclic amines) is 1. The van der Waals surface area contributed by atoms with Crippen LogP contribution in [0.2, 0.25) is 0 Å². The number of amides is 2. The van der Waals surface area contributed by atoms with E-state index in [2.05, 4.69) is 5.32 Å². The fourth-order valence-corrected chi connectivity index (χ4v) is 2.84. The summed E-state index contributed by atoms with van der Waals surface area (Å²) in [4.78, 5) is 25.5. The summed E-state index contributed by atoms with van der Waals surface area (Å²) in [5.41, 5.74) is 1.08. The van der Waals surface area contributed by atoms with Crippen LogP contribution in [-0.4, -0.2) is 36.4 Å². The van der Waals surface area contributed by atoms with Crippen LogP contribution < -0.4 is 10.1 Å². The monoisotopic (exact) mass is 290 g/mol. The first-order chi connectivity index (χ1) is 10.0. The Kier molecular flexibility index (Phi) is 4.83. The van der Waals surface area contributed by atoms with E-state index in [1.165, 1.54) is 6.92 Å². The van der Waals surface area contributed by atoms with Gasteiger partial charge in [0, 0.05) is 13.5 Å². The molecule has 0 saturated carbocycles. The summed E-state index contributed by atoms with van der Waals surface area (Å²) in [5, 5.41) is 2.66. The molecule has 5 nitrogen and oxygen atoms in total. The molecule has 0 aliphatic carbocycles. The molecule has 1 fully saturated rings. The fourth-order valence-electron chi connectivity index (χ4n) is 2.84. The van der Waals surface area contributed by atoms with Crippen LogP contribution in [-0.2, 0) is 9.59 Å². The number of methoxy groups -OCH3 is 1. The Labute approximate surface area is 125 Å². The smallest absolute Gasteiger partial charge is 0.245 e. The third kappa shape index (κ3) is 3.54. The van der Waals surface area contributed by atoms with E-state index in [0.717, 1.165) is 30.7 Å². The maximum absolute atomic E-state index is 12.5. The molecule has 1 N–H and O–H groups in total. The molecule has 1 saturated heterocycles. The van der Waals surface area contributed by atoms with Crippen LogP contribution in [0.3, 0.4) is 0 Å². The van der Waals surface area contributed by atoms with Gasteiger partial charge in [0.1, 0.15) is 11.8 Å². The molecule has 2 amide bonds. The molecule has 0 bridgehead atoms. The van der Waals surface area contributed by atoms with Crippen molar-refractivity contribution in [3.05, 3.63) is 29.8 Å². The molecule has 5 heteroatoms. The van der Waals surface area contributed by atoms with Crippen molar-refractivity contribution in [2.45, 2.75) is 38.8 Å². The lowest BCUT2D eigenvalue weighted by molar-refractivity contribution is -0.136. The number of ether oxygens (including phenoxy) is 1. The minimum absolute atomic E-state index is 0.0319. The number of benzene rings is 1. The second-order valence-electron chi connectivity index (χ2n) is 5.39. The molecule has 0 aromatic heterocycles. The maximum atomic E-state index is 12.5. The number of hydrogen-bond donors (Lipinski definition) is 1. The zero-order valence-electron chi connectivity index (χ0n) is 12.8. The molecule has 2 rings (SSSR count). The van der Waals surface area contributed by atoms with Gasteiger partial charge >= 0.3 is 0 Å². The molecule has 1 aromatic rings. The number of nitrogens with zero attached hydrogens (tertiary/aromatic N) is 1. The lowest BCUT2D eigenvalue weighted by atomic mass is 10.0. The minimum Gasteiger partial charge on any atom is -0.497 e. The van der Waals surface area contributed by atoms with Gasteiger partial charge in [-0.1, -0.05) is 12.1 Å². The number of carbonyl (C=O) groups excluding carboxylic acids is 2. The first kappa shape index (κ1) is 15.4. The molecule has 114 valence electrons. The van der Waals surface area contributed by atoms with Crippen molar-refractivity contribution < 1.29 is 14.3 Å². The van der Waals surface area contributed by atoms with Gasteiger partial charge in [-0.25, -0.2) is 0 Å². The van der Waals surface area contributed by atoms with E-state index in [4.69, 9.17) is 4.74 Å². The fraction of sp³-hybridized carbons (Fsp3) is 0.500. The Morgan fingerprint density at radius 2 is 2.19 bits per heavy atom. The molecule has 2 unspecified atom stereocenters. The third-order valence-corrected chi connectivity index (χ3v) is 3.80. The average Bonchev–Trinajstić information content (AvgIpc) is 2.95. The Morgan fingerprint density at radius 1 is 1.43 bits per heavy atom.